The normalized spacial score (nSPS) is 24.3. The van der Waals surface area contributed by atoms with E-state index in [1.807, 2.05) is 24.3 Å². The molecule has 2 saturated heterocycles. The zero-order valence-corrected chi connectivity index (χ0v) is 16.0. The molecule has 4 heterocycles. The summed E-state index contributed by atoms with van der Waals surface area (Å²) in [7, 11) is 1.89. The van der Waals surface area contributed by atoms with Crippen LogP contribution in [0.25, 0.3) is 0 Å². The van der Waals surface area contributed by atoms with Crippen molar-refractivity contribution in [1.29, 1.82) is 0 Å². The molecule has 2 aliphatic rings. The Bertz CT molecular complexity index is 780. The standard InChI is InChI=1S/C19H27N5O3/c1-14-10-16(21-27-14)19(25)24-8-9-26-17(13-23-6-4-3-5-7-23)18(24)15-11-20-22(2)12-15/h10-12,17-18H,3-9,13H2,1-2H3/t17-,18-/m0/s1. The summed E-state index contributed by atoms with van der Waals surface area (Å²) in [5.74, 6) is 0.516. The van der Waals surface area contributed by atoms with Gasteiger partial charge in [-0.1, -0.05) is 11.6 Å². The maximum Gasteiger partial charge on any atom is 0.276 e. The smallest absolute Gasteiger partial charge is 0.276 e. The third-order valence-electron chi connectivity index (χ3n) is 5.41. The lowest BCUT2D eigenvalue weighted by molar-refractivity contribution is -0.0743. The van der Waals surface area contributed by atoms with E-state index in [9.17, 15) is 4.79 Å². The van der Waals surface area contributed by atoms with Gasteiger partial charge in [-0.2, -0.15) is 5.10 Å². The lowest BCUT2D eigenvalue weighted by Gasteiger charge is -2.42. The molecular weight excluding hydrogens is 346 g/mol. The van der Waals surface area contributed by atoms with Crippen LogP contribution < -0.4 is 0 Å². The highest BCUT2D eigenvalue weighted by atomic mass is 16.5. The van der Waals surface area contributed by atoms with E-state index in [4.69, 9.17) is 9.26 Å². The molecule has 0 unspecified atom stereocenters. The number of morpholine rings is 1. The second-order valence-electron chi connectivity index (χ2n) is 7.48. The van der Waals surface area contributed by atoms with E-state index in [1.54, 1.807) is 17.7 Å². The van der Waals surface area contributed by atoms with E-state index >= 15 is 0 Å². The predicted molar refractivity (Wildman–Crippen MR) is 98.3 cm³/mol. The summed E-state index contributed by atoms with van der Waals surface area (Å²) >= 11 is 0. The van der Waals surface area contributed by atoms with E-state index in [-0.39, 0.29) is 18.1 Å². The van der Waals surface area contributed by atoms with Gasteiger partial charge in [-0.3, -0.25) is 9.48 Å². The van der Waals surface area contributed by atoms with Crippen molar-refractivity contribution in [1.82, 2.24) is 24.7 Å². The van der Waals surface area contributed by atoms with Gasteiger partial charge in [0.05, 0.1) is 24.9 Å². The average molecular weight is 373 g/mol. The summed E-state index contributed by atoms with van der Waals surface area (Å²) in [6.45, 7) is 5.85. The number of rotatable bonds is 4. The number of hydrogen-bond acceptors (Lipinski definition) is 6. The van der Waals surface area contributed by atoms with Crippen molar-refractivity contribution in [3.8, 4) is 0 Å². The molecule has 2 fully saturated rings. The first-order valence-corrected chi connectivity index (χ1v) is 9.68. The molecule has 0 spiro atoms. The van der Waals surface area contributed by atoms with Gasteiger partial charge in [-0.25, -0.2) is 0 Å². The van der Waals surface area contributed by atoms with Crippen LogP contribution in [0.4, 0.5) is 0 Å². The topological polar surface area (TPSA) is 76.6 Å². The van der Waals surface area contributed by atoms with Crippen LogP contribution in [0.2, 0.25) is 0 Å². The molecule has 27 heavy (non-hydrogen) atoms. The van der Waals surface area contributed by atoms with Gasteiger partial charge in [0.2, 0.25) is 0 Å². The van der Waals surface area contributed by atoms with Crippen LogP contribution in [-0.2, 0) is 11.8 Å². The minimum absolute atomic E-state index is 0.0852. The summed E-state index contributed by atoms with van der Waals surface area (Å²) in [5.41, 5.74) is 1.34. The number of ether oxygens (including phenoxy) is 1. The first-order valence-electron chi connectivity index (χ1n) is 9.68. The number of hydrogen-bond donors (Lipinski definition) is 0. The maximum atomic E-state index is 13.1. The third kappa shape index (κ3) is 3.91. The molecule has 0 aliphatic carbocycles. The number of nitrogens with zero attached hydrogens (tertiary/aromatic N) is 5. The summed E-state index contributed by atoms with van der Waals surface area (Å²) in [5, 5.41) is 8.25. The van der Waals surface area contributed by atoms with Crippen LogP contribution in [-0.4, -0.2) is 69.5 Å². The van der Waals surface area contributed by atoms with Crippen molar-refractivity contribution in [2.24, 2.45) is 7.05 Å². The fourth-order valence-electron chi connectivity index (χ4n) is 4.11. The Morgan fingerprint density at radius 2 is 2.07 bits per heavy atom. The zero-order chi connectivity index (χ0) is 18.8. The van der Waals surface area contributed by atoms with Crippen molar-refractivity contribution in [3.05, 3.63) is 35.5 Å². The van der Waals surface area contributed by atoms with Gasteiger partial charge in [0.1, 0.15) is 5.76 Å². The van der Waals surface area contributed by atoms with Gasteiger partial charge in [0.25, 0.3) is 5.91 Å². The number of amides is 1. The molecule has 2 aromatic rings. The van der Waals surface area contributed by atoms with Crippen molar-refractivity contribution >= 4 is 5.91 Å². The highest BCUT2D eigenvalue weighted by Crippen LogP contribution is 2.31. The molecule has 0 radical (unpaired) electrons. The Kier molecular flexibility index (Phi) is 5.27. The Morgan fingerprint density at radius 3 is 2.74 bits per heavy atom. The highest BCUT2D eigenvalue weighted by molar-refractivity contribution is 5.92. The van der Waals surface area contributed by atoms with Crippen molar-refractivity contribution < 1.29 is 14.1 Å². The number of likely N-dealkylation sites (tertiary alicyclic amines) is 1. The quantitative estimate of drug-likeness (QED) is 0.813. The van der Waals surface area contributed by atoms with Gasteiger partial charge in [0.15, 0.2) is 5.69 Å². The molecule has 1 amide bonds. The fourth-order valence-corrected chi connectivity index (χ4v) is 4.11. The Hall–Kier alpha value is -2.19. The molecule has 8 nitrogen and oxygen atoms in total. The van der Waals surface area contributed by atoms with E-state index in [0.29, 0.717) is 24.6 Å². The van der Waals surface area contributed by atoms with E-state index in [1.165, 1.54) is 19.3 Å². The number of piperidine rings is 1. The Morgan fingerprint density at radius 1 is 1.26 bits per heavy atom. The van der Waals surface area contributed by atoms with Crippen LogP contribution in [0.1, 0.15) is 47.1 Å². The van der Waals surface area contributed by atoms with Crippen molar-refractivity contribution in [3.63, 3.8) is 0 Å². The molecule has 2 atom stereocenters. The van der Waals surface area contributed by atoms with Crippen LogP contribution in [0.3, 0.4) is 0 Å². The predicted octanol–water partition coefficient (Wildman–Crippen LogP) is 1.78. The Labute approximate surface area is 159 Å². The third-order valence-corrected chi connectivity index (χ3v) is 5.41. The number of aromatic nitrogens is 3. The second kappa shape index (κ2) is 7.82. The van der Waals surface area contributed by atoms with Gasteiger partial charge >= 0.3 is 0 Å². The van der Waals surface area contributed by atoms with Gasteiger partial charge in [0, 0.05) is 38.0 Å². The zero-order valence-electron chi connectivity index (χ0n) is 16.0. The minimum Gasteiger partial charge on any atom is -0.373 e. The second-order valence-corrected chi connectivity index (χ2v) is 7.48. The molecule has 2 aromatic heterocycles. The molecule has 0 bridgehead atoms. The monoisotopic (exact) mass is 373 g/mol. The SMILES string of the molecule is Cc1cc(C(=O)N2CCO[C@@H](CN3CCCCC3)[C@@H]2c2cnn(C)c2)no1. The van der Waals surface area contributed by atoms with Gasteiger partial charge in [-0.05, 0) is 32.9 Å². The van der Waals surface area contributed by atoms with Crippen LogP contribution >= 0.6 is 0 Å². The van der Waals surface area contributed by atoms with Crippen LogP contribution in [0.5, 0.6) is 0 Å². The summed E-state index contributed by atoms with van der Waals surface area (Å²) in [4.78, 5) is 17.5. The van der Waals surface area contributed by atoms with Crippen molar-refractivity contribution in [2.75, 3.05) is 32.8 Å². The van der Waals surface area contributed by atoms with Gasteiger partial charge in [-0.15, -0.1) is 0 Å². The molecule has 0 N–H and O–H groups in total. The van der Waals surface area contributed by atoms with Crippen LogP contribution in [0.15, 0.2) is 23.0 Å². The maximum absolute atomic E-state index is 13.1. The largest absolute Gasteiger partial charge is 0.373 e. The van der Waals surface area contributed by atoms with Crippen molar-refractivity contribution in [2.45, 2.75) is 38.3 Å². The molecular formula is C19H27N5O3. The molecule has 8 heteroatoms. The molecule has 0 aromatic carbocycles. The lowest BCUT2D eigenvalue weighted by atomic mass is 9.99. The number of carbonyl (C=O) groups is 1. The number of carbonyl (C=O) groups excluding carboxylic acids is 1. The summed E-state index contributed by atoms with van der Waals surface area (Å²) in [6, 6.07) is 1.51. The minimum atomic E-state index is -0.182. The van der Waals surface area contributed by atoms with E-state index in [2.05, 4.69) is 15.2 Å². The first-order chi connectivity index (χ1) is 13.1. The molecule has 146 valence electrons. The van der Waals surface area contributed by atoms with Gasteiger partial charge < -0.3 is 19.1 Å². The van der Waals surface area contributed by atoms with E-state index < -0.39 is 0 Å². The number of aryl methyl sites for hydroxylation is 2. The molecule has 4 rings (SSSR count). The fraction of sp³-hybridized carbons (Fsp3) is 0.632. The van der Waals surface area contributed by atoms with E-state index in [0.717, 1.165) is 25.2 Å². The Balaban J connectivity index is 1.61. The molecule has 2 aliphatic heterocycles. The summed E-state index contributed by atoms with van der Waals surface area (Å²) in [6.07, 6.45) is 7.46. The van der Waals surface area contributed by atoms with Crippen LogP contribution in [0, 0.1) is 6.92 Å². The molecule has 0 saturated carbocycles. The summed E-state index contributed by atoms with van der Waals surface area (Å²) < 4.78 is 13.0. The average Bonchev–Trinajstić information content (AvgIpc) is 3.30. The highest BCUT2D eigenvalue weighted by Gasteiger charge is 2.39. The first kappa shape index (κ1) is 18.2. The lowest BCUT2D eigenvalue weighted by Crippen LogP contribution is -2.52.